The van der Waals surface area contributed by atoms with Crippen LogP contribution in [-0.2, 0) is 9.59 Å². The highest BCUT2D eigenvalue weighted by Crippen LogP contribution is 2.25. The standard InChI is InChI=1S/C17H19N5O2.C2H6O.C2H6/c1-11-5-6-15(19-14(4)24)9-16(11)20-17-21-18-10-13(3)22(17)12(2)7-8-23;1-2-3;1-2/h5-10H,3H2,1-2,4H3,(H,19,24)(H,20,21);3H,2H2,1H3;1-2H3/b12-7+;;. The van der Waals surface area contributed by atoms with Crippen LogP contribution in [0.5, 0.6) is 0 Å². The SMILES string of the molecule is C=C1C=NNC(=Nc2cc(NC(C)=O)ccc2C)N1/C(C)=C/C=O.CC.CCO. The molecule has 2 rings (SSSR count). The predicted octanol–water partition coefficient (Wildman–Crippen LogP) is 3.47. The lowest BCUT2D eigenvalue weighted by Gasteiger charge is -2.28. The number of hydrazone groups is 1. The van der Waals surface area contributed by atoms with E-state index in [1.807, 2.05) is 26.8 Å². The second kappa shape index (κ2) is 13.8. The minimum absolute atomic E-state index is 0.155. The molecule has 0 saturated carbocycles. The van der Waals surface area contributed by atoms with Gasteiger partial charge in [0, 0.05) is 24.9 Å². The summed E-state index contributed by atoms with van der Waals surface area (Å²) in [5, 5.41) is 14.3. The first-order valence-corrected chi connectivity index (χ1v) is 9.32. The lowest BCUT2D eigenvalue weighted by Crippen LogP contribution is -2.40. The fourth-order valence-corrected chi connectivity index (χ4v) is 2.17. The van der Waals surface area contributed by atoms with Gasteiger partial charge in [-0.25, -0.2) is 10.4 Å². The van der Waals surface area contributed by atoms with Gasteiger partial charge in [-0.2, -0.15) is 5.10 Å². The van der Waals surface area contributed by atoms with Gasteiger partial charge in [0.1, 0.15) is 6.29 Å². The molecule has 0 saturated heterocycles. The maximum absolute atomic E-state index is 11.2. The summed E-state index contributed by atoms with van der Waals surface area (Å²) in [6.07, 6.45) is 3.67. The smallest absolute Gasteiger partial charge is 0.229 e. The number of anilines is 1. The number of benzene rings is 1. The predicted molar refractivity (Wildman–Crippen MR) is 119 cm³/mol. The molecule has 0 spiro atoms. The van der Waals surface area contributed by atoms with E-state index in [-0.39, 0.29) is 12.5 Å². The summed E-state index contributed by atoms with van der Waals surface area (Å²) in [5.41, 5.74) is 6.29. The van der Waals surface area contributed by atoms with Gasteiger partial charge in [-0.05, 0) is 44.5 Å². The maximum Gasteiger partial charge on any atom is 0.229 e. The normalized spacial score (nSPS) is 14.2. The zero-order valence-corrected chi connectivity index (χ0v) is 18.0. The number of hydrogen-bond acceptors (Lipinski definition) is 5. The van der Waals surface area contributed by atoms with E-state index < -0.39 is 0 Å². The van der Waals surface area contributed by atoms with Crippen molar-refractivity contribution in [1.82, 2.24) is 10.3 Å². The van der Waals surface area contributed by atoms with Gasteiger partial charge in [0.2, 0.25) is 11.9 Å². The Morgan fingerprint density at radius 2 is 2.00 bits per heavy atom. The van der Waals surface area contributed by atoms with Crippen molar-refractivity contribution < 1.29 is 14.7 Å². The van der Waals surface area contributed by atoms with E-state index in [1.165, 1.54) is 13.0 Å². The zero-order chi connectivity index (χ0) is 22.4. The van der Waals surface area contributed by atoms with E-state index in [1.54, 1.807) is 37.1 Å². The Kier molecular flexibility index (Phi) is 12.3. The minimum atomic E-state index is -0.155. The summed E-state index contributed by atoms with van der Waals surface area (Å²) in [6, 6.07) is 5.44. The molecule has 1 heterocycles. The fraction of sp³-hybridized carbons (Fsp3) is 0.333. The zero-order valence-electron chi connectivity index (χ0n) is 18.0. The van der Waals surface area contributed by atoms with Gasteiger partial charge in [0.05, 0.1) is 17.6 Å². The average molecular weight is 402 g/mol. The number of allylic oxidation sites excluding steroid dienone is 3. The number of hydrogen-bond donors (Lipinski definition) is 3. The summed E-state index contributed by atoms with van der Waals surface area (Å²) < 4.78 is 0. The van der Waals surface area contributed by atoms with Crippen LogP contribution in [0.4, 0.5) is 11.4 Å². The second-order valence-corrected chi connectivity index (χ2v) is 5.57. The molecule has 0 fully saturated rings. The monoisotopic (exact) mass is 401 g/mol. The molecular weight excluding hydrogens is 370 g/mol. The lowest BCUT2D eigenvalue weighted by atomic mass is 10.2. The highest BCUT2D eigenvalue weighted by atomic mass is 16.2. The van der Waals surface area contributed by atoms with Gasteiger partial charge < -0.3 is 10.4 Å². The van der Waals surface area contributed by atoms with Gasteiger partial charge in [0.15, 0.2) is 0 Å². The summed E-state index contributed by atoms with van der Waals surface area (Å²) >= 11 is 0. The van der Waals surface area contributed by atoms with Crippen LogP contribution >= 0.6 is 0 Å². The molecule has 158 valence electrons. The molecule has 8 nitrogen and oxygen atoms in total. The van der Waals surface area contributed by atoms with Gasteiger partial charge in [-0.3, -0.25) is 14.5 Å². The molecular formula is C21H31N5O3. The summed E-state index contributed by atoms with van der Waals surface area (Å²) in [7, 11) is 0. The number of aliphatic hydroxyl groups is 1. The van der Waals surface area contributed by atoms with Crippen molar-refractivity contribution in [2.75, 3.05) is 11.9 Å². The molecule has 1 aromatic rings. The number of carbonyl (C=O) groups is 2. The van der Waals surface area contributed by atoms with Crippen LogP contribution in [0.1, 0.15) is 40.2 Å². The molecule has 0 aliphatic carbocycles. The van der Waals surface area contributed by atoms with Crippen LogP contribution in [0.2, 0.25) is 0 Å². The molecule has 8 heteroatoms. The van der Waals surface area contributed by atoms with E-state index in [4.69, 9.17) is 5.11 Å². The molecule has 0 radical (unpaired) electrons. The Hall–Kier alpha value is -3.26. The number of aldehydes is 1. The summed E-state index contributed by atoms with van der Waals surface area (Å²) in [6.45, 7) is 15.0. The van der Waals surface area contributed by atoms with E-state index in [0.29, 0.717) is 35.0 Å². The average Bonchev–Trinajstić information content (AvgIpc) is 2.66. The van der Waals surface area contributed by atoms with Crippen LogP contribution in [0.3, 0.4) is 0 Å². The van der Waals surface area contributed by atoms with Crippen molar-refractivity contribution in [2.24, 2.45) is 10.1 Å². The topological polar surface area (TPSA) is 106 Å². The van der Waals surface area contributed by atoms with E-state index in [2.05, 4.69) is 27.4 Å². The molecule has 0 unspecified atom stereocenters. The summed E-state index contributed by atoms with van der Waals surface area (Å²) in [4.78, 5) is 28.2. The van der Waals surface area contributed by atoms with Gasteiger partial charge in [0.25, 0.3) is 0 Å². The van der Waals surface area contributed by atoms with Crippen LogP contribution in [0.15, 0.2) is 52.3 Å². The van der Waals surface area contributed by atoms with Crippen molar-refractivity contribution in [3.8, 4) is 0 Å². The largest absolute Gasteiger partial charge is 0.397 e. The van der Waals surface area contributed by atoms with Crippen molar-refractivity contribution in [3.63, 3.8) is 0 Å². The number of nitrogens with one attached hydrogen (secondary N) is 2. The molecule has 1 amide bonds. The van der Waals surface area contributed by atoms with Crippen LogP contribution in [0.25, 0.3) is 0 Å². The third kappa shape index (κ3) is 8.52. The number of aliphatic imine (C=N–C) groups is 1. The third-order valence-corrected chi connectivity index (χ3v) is 3.29. The molecule has 0 aromatic heterocycles. The first-order chi connectivity index (χ1) is 13.8. The molecule has 29 heavy (non-hydrogen) atoms. The lowest BCUT2D eigenvalue weighted by molar-refractivity contribution is -0.114. The van der Waals surface area contributed by atoms with E-state index in [0.717, 1.165) is 5.56 Å². The Balaban J connectivity index is 0.00000143. The van der Waals surface area contributed by atoms with E-state index >= 15 is 0 Å². The van der Waals surface area contributed by atoms with Gasteiger partial charge in [-0.1, -0.05) is 26.5 Å². The molecule has 0 bridgehead atoms. The Morgan fingerprint density at radius 3 is 2.55 bits per heavy atom. The number of nitrogens with zero attached hydrogens (tertiary/aromatic N) is 3. The second-order valence-electron chi connectivity index (χ2n) is 5.57. The number of aliphatic hydroxyl groups excluding tert-OH is 1. The highest BCUT2D eigenvalue weighted by molar-refractivity contribution is 5.96. The first-order valence-electron chi connectivity index (χ1n) is 9.32. The van der Waals surface area contributed by atoms with Gasteiger partial charge >= 0.3 is 0 Å². The van der Waals surface area contributed by atoms with Crippen molar-refractivity contribution in [1.29, 1.82) is 0 Å². The van der Waals surface area contributed by atoms with Crippen LogP contribution in [0, 0.1) is 6.92 Å². The first kappa shape index (κ1) is 25.7. The van der Waals surface area contributed by atoms with Crippen molar-refractivity contribution in [2.45, 2.75) is 41.5 Å². The molecule has 3 N–H and O–H groups in total. The van der Waals surface area contributed by atoms with Crippen LogP contribution < -0.4 is 10.7 Å². The number of aryl methyl sites for hydroxylation is 1. The van der Waals surface area contributed by atoms with Gasteiger partial charge in [-0.15, -0.1) is 0 Å². The van der Waals surface area contributed by atoms with Crippen LogP contribution in [-0.4, -0.2) is 41.0 Å². The molecule has 1 aliphatic heterocycles. The number of amides is 1. The molecule has 1 aliphatic rings. The third-order valence-electron chi connectivity index (χ3n) is 3.29. The highest BCUT2D eigenvalue weighted by Gasteiger charge is 2.19. The van der Waals surface area contributed by atoms with Crippen molar-refractivity contribution >= 4 is 35.7 Å². The Morgan fingerprint density at radius 1 is 1.38 bits per heavy atom. The molecule has 1 aromatic carbocycles. The molecule has 0 atom stereocenters. The Bertz CT molecular complexity index is 798. The number of rotatable bonds is 4. The number of guanidine groups is 1. The minimum Gasteiger partial charge on any atom is -0.397 e. The maximum atomic E-state index is 11.2. The Labute approximate surface area is 172 Å². The van der Waals surface area contributed by atoms with Crippen molar-refractivity contribution in [3.05, 3.63) is 47.8 Å². The fourth-order valence-electron chi connectivity index (χ4n) is 2.17. The van der Waals surface area contributed by atoms with E-state index in [9.17, 15) is 9.59 Å². The summed E-state index contributed by atoms with van der Waals surface area (Å²) in [5.74, 6) is 0.263. The number of carbonyl (C=O) groups excluding carboxylic acids is 2. The quantitative estimate of drug-likeness (QED) is 0.529.